The number of hydrogen-bond acceptors (Lipinski definition) is 1. The summed E-state index contributed by atoms with van der Waals surface area (Å²) in [5.74, 6) is 0.619. The fraction of sp³-hybridized carbons (Fsp3) is 0.733. The molecule has 0 aliphatic carbocycles. The quantitative estimate of drug-likeness (QED) is 0.660. The molecule has 1 fully saturated rings. The molecule has 1 rings (SSSR count). The Hall–Kier alpha value is -0.720. The third-order valence-electron chi connectivity index (χ3n) is 3.66. The lowest BCUT2D eigenvalue weighted by Crippen LogP contribution is -2.35. The minimum atomic E-state index is 0.327. The van der Waals surface area contributed by atoms with Crippen molar-refractivity contribution in [2.75, 3.05) is 0 Å². The van der Waals surface area contributed by atoms with Crippen LogP contribution in [0.4, 0.5) is 0 Å². The fourth-order valence-corrected chi connectivity index (χ4v) is 2.19. The summed E-state index contributed by atoms with van der Waals surface area (Å²) in [4.78, 5) is 2.41. The van der Waals surface area contributed by atoms with E-state index in [-0.39, 0.29) is 0 Å². The third kappa shape index (κ3) is 2.90. The van der Waals surface area contributed by atoms with Crippen molar-refractivity contribution in [1.82, 2.24) is 4.90 Å². The van der Waals surface area contributed by atoms with Crippen LogP contribution in [0.2, 0.25) is 0 Å². The summed E-state index contributed by atoms with van der Waals surface area (Å²) in [7, 11) is 0. The standard InChI is InChI=1S/C15H27N/c1-11(2)12(3)10-16-13(4)8-9-14(16)15(5,6)7/h10-11,14H,4,8-9H2,1-3,5-7H3/b12-10+. The molecule has 1 heteroatoms. The molecule has 16 heavy (non-hydrogen) atoms. The molecule has 1 saturated heterocycles. The SMILES string of the molecule is C=C1CCC(C(C)(C)C)N1/C=C(\C)C(C)C. The summed E-state index contributed by atoms with van der Waals surface area (Å²) >= 11 is 0. The van der Waals surface area contributed by atoms with E-state index < -0.39 is 0 Å². The van der Waals surface area contributed by atoms with Gasteiger partial charge in [0.2, 0.25) is 0 Å². The van der Waals surface area contributed by atoms with Gasteiger partial charge in [0, 0.05) is 17.9 Å². The highest BCUT2D eigenvalue weighted by Gasteiger charge is 2.34. The molecule has 0 aromatic carbocycles. The largest absolute Gasteiger partial charge is 0.349 e. The van der Waals surface area contributed by atoms with E-state index >= 15 is 0 Å². The van der Waals surface area contributed by atoms with E-state index in [4.69, 9.17) is 0 Å². The van der Waals surface area contributed by atoms with E-state index in [0.29, 0.717) is 17.4 Å². The zero-order valence-electron chi connectivity index (χ0n) is 11.8. The number of allylic oxidation sites excluding steroid dienone is 2. The molecular formula is C15H27N. The molecule has 0 aromatic rings. The van der Waals surface area contributed by atoms with E-state index in [1.54, 1.807) is 0 Å². The van der Waals surface area contributed by atoms with Gasteiger partial charge in [-0.15, -0.1) is 0 Å². The summed E-state index contributed by atoms with van der Waals surface area (Å²) in [5, 5.41) is 0. The lowest BCUT2D eigenvalue weighted by atomic mass is 9.85. The first-order chi connectivity index (χ1) is 7.23. The molecule has 0 N–H and O–H groups in total. The van der Waals surface area contributed by atoms with Crippen LogP contribution in [0, 0.1) is 11.3 Å². The molecule has 1 atom stereocenters. The van der Waals surface area contributed by atoms with E-state index in [0.717, 1.165) is 6.42 Å². The summed E-state index contributed by atoms with van der Waals surface area (Å²) in [6.45, 7) is 17.9. The van der Waals surface area contributed by atoms with Crippen molar-refractivity contribution in [2.24, 2.45) is 11.3 Å². The van der Waals surface area contributed by atoms with Gasteiger partial charge in [-0.1, -0.05) is 46.8 Å². The fourth-order valence-electron chi connectivity index (χ4n) is 2.19. The van der Waals surface area contributed by atoms with Crippen molar-refractivity contribution < 1.29 is 0 Å². The van der Waals surface area contributed by atoms with Gasteiger partial charge in [0.05, 0.1) is 0 Å². The second kappa shape index (κ2) is 4.65. The Balaban J connectivity index is 2.91. The molecule has 0 saturated carbocycles. The normalized spacial score (nSPS) is 23.4. The van der Waals surface area contributed by atoms with Crippen molar-refractivity contribution in [3.8, 4) is 0 Å². The van der Waals surface area contributed by atoms with Crippen LogP contribution in [0.5, 0.6) is 0 Å². The molecule has 0 spiro atoms. The smallest absolute Gasteiger partial charge is 0.0385 e. The Labute approximate surface area is 101 Å². The number of nitrogens with zero attached hydrogens (tertiary/aromatic N) is 1. The minimum Gasteiger partial charge on any atom is -0.349 e. The Morgan fingerprint density at radius 3 is 2.44 bits per heavy atom. The number of rotatable bonds is 2. The van der Waals surface area contributed by atoms with Crippen molar-refractivity contribution in [3.63, 3.8) is 0 Å². The Morgan fingerprint density at radius 1 is 1.44 bits per heavy atom. The van der Waals surface area contributed by atoms with Gasteiger partial charge in [0.1, 0.15) is 0 Å². The highest BCUT2D eigenvalue weighted by atomic mass is 15.2. The molecular weight excluding hydrogens is 194 g/mol. The number of hydrogen-bond donors (Lipinski definition) is 0. The highest BCUT2D eigenvalue weighted by molar-refractivity contribution is 5.15. The molecule has 1 aliphatic rings. The van der Waals surface area contributed by atoms with E-state index in [1.807, 2.05) is 0 Å². The summed E-state index contributed by atoms with van der Waals surface area (Å²) in [6.07, 6.45) is 4.70. The van der Waals surface area contributed by atoms with E-state index in [1.165, 1.54) is 17.7 Å². The van der Waals surface area contributed by atoms with Crippen molar-refractivity contribution >= 4 is 0 Å². The zero-order chi connectivity index (χ0) is 12.5. The second-order valence-electron chi connectivity index (χ2n) is 6.42. The third-order valence-corrected chi connectivity index (χ3v) is 3.66. The maximum absolute atomic E-state index is 4.19. The summed E-state index contributed by atoms with van der Waals surface area (Å²) < 4.78 is 0. The van der Waals surface area contributed by atoms with Gasteiger partial charge < -0.3 is 4.90 Å². The second-order valence-corrected chi connectivity index (χ2v) is 6.42. The van der Waals surface area contributed by atoms with Crippen molar-refractivity contribution in [3.05, 3.63) is 24.0 Å². The van der Waals surface area contributed by atoms with Crippen molar-refractivity contribution in [2.45, 2.75) is 60.4 Å². The maximum Gasteiger partial charge on any atom is 0.0385 e. The lowest BCUT2D eigenvalue weighted by molar-refractivity contribution is 0.204. The lowest BCUT2D eigenvalue weighted by Gasteiger charge is -2.35. The first-order valence-electron chi connectivity index (χ1n) is 6.38. The predicted molar refractivity (Wildman–Crippen MR) is 72.1 cm³/mol. The van der Waals surface area contributed by atoms with Gasteiger partial charge >= 0.3 is 0 Å². The van der Waals surface area contributed by atoms with E-state index in [9.17, 15) is 0 Å². The van der Waals surface area contributed by atoms with Gasteiger partial charge in [0.15, 0.2) is 0 Å². The van der Waals surface area contributed by atoms with Gasteiger partial charge in [0.25, 0.3) is 0 Å². The molecule has 0 aromatic heterocycles. The monoisotopic (exact) mass is 221 g/mol. The van der Waals surface area contributed by atoms with Crippen LogP contribution in [0.15, 0.2) is 24.0 Å². The maximum atomic E-state index is 4.19. The van der Waals surface area contributed by atoms with E-state index in [2.05, 4.69) is 59.2 Å². The average molecular weight is 221 g/mol. The first-order valence-corrected chi connectivity index (χ1v) is 6.38. The molecule has 1 nitrogen and oxygen atoms in total. The highest BCUT2D eigenvalue weighted by Crippen LogP contribution is 2.38. The Kier molecular flexibility index (Phi) is 3.88. The van der Waals surface area contributed by atoms with Crippen molar-refractivity contribution in [1.29, 1.82) is 0 Å². The topological polar surface area (TPSA) is 3.24 Å². The van der Waals surface area contributed by atoms with Gasteiger partial charge in [-0.25, -0.2) is 0 Å². The summed E-state index contributed by atoms with van der Waals surface area (Å²) in [5.41, 5.74) is 3.05. The predicted octanol–water partition coefficient (Wildman–Crippen LogP) is 4.57. The van der Waals surface area contributed by atoms with Gasteiger partial charge in [-0.3, -0.25) is 0 Å². The van der Waals surface area contributed by atoms with Crippen LogP contribution in [0.1, 0.15) is 54.4 Å². The molecule has 92 valence electrons. The molecule has 1 unspecified atom stereocenters. The molecule has 0 radical (unpaired) electrons. The van der Waals surface area contributed by atoms with Gasteiger partial charge in [-0.05, 0) is 31.1 Å². The molecule has 1 heterocycles. The Bertz CT molecular complexity index is 291. The first kappa shape index (κ1) is 13.3. The van der Waals surface area contributed by atoms with Crippen LogP contribution in [-0.2, 0) is 0 Å². The van der Waals surface area contributed by atoms with Crippen LogP contribution in [0.25, 0.3) is 0 Å². The van der Waals surface area contributed by atoms with Crippen LogP contribution < -0.4 is 0 Å². The van der Waals surface area contributed by atoms with Crippen LogP contribution >= 0.6 is 0 Å². The Morgan fingerprint density at radius 2 is 2.00 bits per heavy atom. The molecule has 1 aliphatic heterocycles. The van der Waals surface area contributed by atoms with Crippen LogP contribution in [0.3, 0.4) is 0 Å². The van der Waals surface area contributed by atoms with Gasteiger partial charge in [-0.2, -0.15) is 0 Å². The average Bonchev–Trinajstić information content (AvgIpc) is 2.47. The zero-order valence-corrected chi connectivity index (χ0v) is 11.8. The van der Waals surface area contributed by atoms with Crippen LogP contribution in [-0.4, -0.2) is 10.9 Å². The minimum absolute atomic E-state index is 0.327. The molecule has 0 bridgehead atoms. The molecule has 0 amide bonds. The number of likely N-dealkylation sites (tertiary alicyclic amines) is 1. The summed E-state index contributed by atoms with van der Waals surface area (Å²) in [6, 6.07) is 0.605.